The van der Waals surface area contributed by atoms with Crippen molar-refractivity contribution in [1.82, 2.24) is 0 Å². The summed E-state index contributed by atoms with van der Waals surface area (Å²) >= 11 is 0. The van der Waals surface area contributed by atoms with Gasteiger partial charge in [0.1, 0.15) is 0 Å². The average Bonchev–Trinajstić information content (AvgIpc) is 2.68. The van der Waals surface area contributed by atoms with Crippen LogP contribution in [0.25, 0.3) is 0 Å². The van der Waals surface area contributed by atoms with Crippen LogP contribution in [-0.4, -0.2) is 72.4 Å². The summed E-state index contributed by atoms with van der Waals surface area (Å²) in [5, 5.41) is 19.9. The van der Waals surface area contributed by atoms with Gasteiger partial charge < -0.3 is 33.9 Å². The Morgan fingerprint density at radius 1 is 0.900 bits per heavy atom. The van der Waals surface area contributed by atoms with Gasteiger partial charge in [0.25, 0.3) is 0 Å². The molecule has 2 heterocycles. The van der Waals surface area contributed by atoms with Gasteiger partial charge in [-0.25, -0.2) is 0 Å². The molecule has 2 saturated heterocycles. The van der Waals surface area contributed by atoms with Crippen LogP contribution in [-0.2, 0) is 33.3 Å². The highest BCUT2D eigenvalue weighted by Gasteiger charge is 2.47. The van der Waals surface area contributed by atoms with Gasteiger partial charge in [0.05, 0.1) is 25.4 Å². The number of carbonyl (C=O) groups is 2. The summed E-state index contributed by atoms with van der Waals surface area (Å²) in [4.78, 5) is 23.0. The Kier molecular flexibility index (Phi) is 9.05. The third-order valence-electron chi connectivity index (χ3n) is 6.42. The smallest absolute Gasteiger partial charge is 0.303 e. The molecular formula is C21H36O9. The molecule has 2 aliphatic heterocycles. The maximum absolute atomic E-state index is 11.6. The van der Waals surface area contributed by atoms with Crippen molar-refractivity contribution in [3.63, 3.8) is 0 Å². The van der Waals surface area contributed by atoms with E-state index < -0.39 is 42.8 Å². The van der Waals surface area contributed by atoms with Crippen LogP contribution in [0, 0.1) is 23.7 Å². The van der Waals surface area contributed by atoms with Gasteiger partial charge in [-0.1, -0.05) is 27.7 Å². The lowest BCUT2D eigenvalue weighted by Crippen LogP contribution is -2.56. The fraction of sp³-hybridized carbons (Fsp3) is 0.905. The van der Waals surface area contributed by atoms with Crippen LogP contribution in [0.3, 0.4) is 0 Å². The van der Waals surface area contributed by atoms with Gasteiger partial charge in [0.2, 0.25) is 0 Å². The average molecular weight is 433 g/mol. The number of rotatable bonds is 7. The number of aliphatic hydroxyl groups is 2. The molecule has 9 heteroatoms. The summed E-state index contributed by atoms with van der Waals surface area (Å²) in [6.07, 6.45) is -3.49. The van der Waals surface area contributed by atoms with Crippen molar-refractivity contribution in [3.05, 3.63) is 0 Å². The second-order valence-electron chi connectivity index (χ2n) is 8.42. The minimum atomic E-state index is -1.33. The van der Waals surface area contributed by atoms with E-state index in [1.807, 2.05) is 13.8 Å². The molecule has 0 radical (unpaired) electrons. The molecule has 2 aliphatic rings. The van der Waals surface area contributed by atoms with Gasteiger partial charge in [-0.2, -0.15) is 0 Å². The molecule has 0 saturated carbocycles. The van der Waals surface area contributed by atoms with Crippen LogP contribution in [0.5, 0.6) is 0 Å². The number of carbonyl (C=O) groups excluding carboxylic acids is 2. The number of hydrogen-bond acceptors (Lipinski definition) is 9. The quantitative estimate of drug-likeness (QED) is 0.572. The van der Waals surface area contributed by atoms with Gasteiger partial charge in [-0.3, -0.25) is 9.59 Å². The van der Waals surface area contributed by atoms with Crippen LogP contribution in [0.4, 0.5) is 0 Å². The molecule has 0 aromatic carbocycles. The molecule has 0 aromatic heterocycles. The second kappa shape index (κ2) is 10.9. The van der Waals surface area contributed by atoms with E-state index in [0.29, 0.717) is 0 Å². The van der Waals surface area contributed by atoms with E-state index >= 15 is 0 Å². The Labute approximate surface area is 178 Å². The molecule has 9 nitrogen and oxygen atoms in total. The van der Waals surface area contributed by atoms with E-state index in [0.717, 1.165) is 6.42 Å². The van der Waals surface area contributed by atoms with Gasteiger partial charge in [-0.15, -0.1) is 0 Å². The molecule has 10 atom stereocenters. The minimum Gasteiger partial charge on any atom is -0.457 e. The summed E-state index contributed by atoms with van der Waals surface area (Å²) in [6.45, 7) is 10.3. The normalized spacial score (nSPS) is 41.9. The monoisotopic (exact) mass is 432 g/mol. The highest BCUT2D eigenvalue weighted by Crippen LogP contribution is 2.37. The Hall–Kier alpha value is -1.26. The number of aliphatic hydroxyl groups excluding tert-OH is 2. The standard InChI is InChI=1S/C21H36O9/c1-7-16-10(2)11(3)19(28-14(6)24)21(30-16)26-9-15-12(4)18(27-13(5)23)20(25)29-17(15)8-22/h10-12,15-22,25H,7-9H2,1-6H3/t10-,11-,12-,15-,16?,17?,18?,19?,20-,21-/m0/s1. The molecule has 30 heavy (non-hydrogen) atoms. The summed E-state index contributed by atoms with van der Waals surface area (Å²) in [7, 11) is 0. The first-order valence-electron chi connectivity index (χ1n) is 10.7. The lowest BCUT2D eigenvalue weighted by atomic mass is 9.81. The minimum absolute atomic E-state index is 0.0295. The number of hydrogen-bond donors (Lipinski definition) is 2. The fourth-order valence-corrected chi connectivity index (χ4v) is 4.42. The van der Waals surface area contributed by atoms with Gasteiger partial charge in [0.15, 0.2) is 24.8 Å². The van der Waals surface area contributed by atoms with E-state index in [9.17, 15) is 19.8 Å². The van der Waals surface area contributed by atoms with Crippen molar-refractivity contribution >= 4 is 11.9 Å². The van der Waals surface area contributed by atoms with Crippen molar-refractivity contribution in [1.29, 1.82) is 0 Å². The van der Waals surface area contributed by atoms with E-state index in [4.69, 9.17) is 23.7 Å². The van der Waals surface area contributed by atoms with Crippen molar-refractivity contribution in [3.8, 4) is 0 Å². The first kappa shape index (κ1) is 25.0. The molecule has 4 unspecified atom stereocenters. The molecule has 0 aliphatic carbocycles. The predicted molar refractivity (Wildman–Crippen MR) is 105 cm³/mol. The molecule has 174 valence electrons. The van der Waals surface area contributed by atoms with Crippen molar-refractivity contribution in [2.75, 3.05) is 13.2 Å². The van der Waals surface area contributed by atoms with E-state index in [-0.39, 0.29) is 43.0 Å². The zero-order valence-electron chi connectivity index (χ0n) is 18.6. The van der Waals surface area contributed by atoms with E-state index in [2.05, 4.69) is 6.92 Å². The van der Waals surface area contributed by atoms with Crippen molar-refractivity contribution in [2.24, 2.45) is 23.7 Å². The maximum Gasteiger partial charge on any atom is 0.303 e. The molecule has 0 amide bonds. The van der Waals surface area contributed by atoms with Crippen LogP contribution in [0.1, 0.15) is 48.0 Å². The third kappa shape index (κ3) is 5.70. The topological polar surface area (TPSA) is 121 Å². The molecule has 2 rings (SSSR count). The summed E-state index contributed by atoms with van der Waals surface area (Å²) in [5.74, 6) is -1.45. The molecule has 0 aromatic rings. The Morgan fingerprint density at radius 3 is 2.03 bits per heavy atom. The molecule has 0 spiro atoms. The second-order valence-corrected chi connectivity index (χ2v) is 8.42. The predicted octanol–water partition coefficient (Wildman–Crippen LogP) is 1.24. The molecule has 2 N–H and O–H groups in total. The van der Waals surface area contributed by atoms with Gasteiger partial charge >= 0.3 is 11.9 Å². The largest absolute Gasteiger partial charge is 0.457 e. The van der Waals surface area contributed by atoms with Crippen molar-refractivity contribution in [2.45, 2.75) is 85.0 Å². The van der Waals surface area contributed by atoms with E-state index in [1.54, 1.807) is 6.92 Å². The Balaban J connectivity index is 2.15. The zero-order valence-corrected chi connectivity index (χ0v) is 18.6. The van der Waals surface area contributed by atoms with Crippen LogP contribution in [0.2, 0.25) is 0 Å². The summed E-state index contributed by atoms with van der Waals surface area (Å²) < 4.78 is 28.4. The van der Waals surface area contributed by atoms with Crippen molar-refractivity contribution < 1.29 is 43.5 Å². The zero-order chi connectivity index (χ0) is 22.6. The molecular weight excluding hydrogens is 396 g/mol. The highest BCUT2D eigenvalue weighted by atomic mass is 16.7. The first-order chi connectivity index (χ1) is 14.1. The summed E-state index contributed by atoms with van der Waals surface area (Å²) in [5.41, 5.74) is 0. The van der Waals surface area contributed by atoms with Crippen LogP contribution in [0.15, 0.2) is 0 Å². The lowest BCUT2D eigenvalue weighted by Gasteiger charge is -2.46. The van der Waals surface area contributed by atoms with Gasteiger partial charge in [-0.05, 0) is 12.3 Å². The fourth-order valence-electron chi connectivity index (χ4n) is 4.42. The third-order valence-corrected chi connectivity index (χ3v) is 6.42. The highest BCUT2D eigenvalue weighted by molar-refractivity contribution is 5.66. The Bertz CT molecular complexity index is 583. The maximum atomic E-state index is 11.6. The molecule has 2 fully saturated rings. The van der Waals surface area contributed by atoms with Crippen LogP contribution >= 0.6 is 0 Å². The van der Waals surface area contributed by atoms with Gasteiger partial charge in [0, 0.05) is 31.6 Å². The molecule has 0 bridgehead atoms. The Morgan fingerprint density at radius 2 is 1.50 bits per heavy atom. The number of esters is 2. The SMILES string of the molecule is CCC1O[C@H](OC[C@@H]2C(CO)O[C@H](O)C(OC(C)=O)[C@H]2C)C(OC(C)=O)[C@@H](C)[C@@H]1C. The number of ether oxygens (including phenoxy) is 5. The first-order valence-corrected chi connectivity index (χ1v) is 10.7. The summed E-state index contributed by atoms with van der Waals surface area (Å²) in [6, 6.07) is 0. The van der Waals surface area contributed by atoms with Crippen LogP contribution < -0.4 is 0 Å². The lowest BCUT2D eigenvalue weighted by molar-refractivity contribution is -0.299. The van der Waals surface area contributed by atoms with E-state index in [1.165, 1.54) is 13.8 Å².